The van der Waals surface area contributed by atoms with Gasteiger partial charge in [0.2, 0.25) is 0 Å². The minimum Gasteiger partial charge on any atom is -0.389 e. The first kappa shape index (κ1) is 25.0. The van der Waals surface area contributed by atoms with Crippen LogP contribution in [0.5, 0.6) is 0 Å². The first-order valence-electron chi connectivity index (χ1n) is 12.0. The van der Waals surface area contributed by atoms with Gasteiger partial charge in [-0.3, -0.25) is 9.79 Å². The zero-order valence-electron chi connectivity index (χ0n) is 20.3. The molecule has 4 N–H and O–H groups in total. The summed E-state index contributed by atoms with van der Waals surface area (Å²) >= 11 is 0. The molecule has 1 fully saturated rings. The number of aliphatic hydroxyl groups excluding tert-OH is 1. The fourth-order valence-corrected chi connectivity index (χ4v) is 5.69. The molecule has 5 nitrogen and oxygen atoms in total. The molecule has 4 rings (SSSR count). The smallest absolute Gasteiger partial charge is 0.250 e. The van der Waals surface area contributed by atoms with E-state index < -0.39 is 23.0 Å². The monoisotopic (exact) mass is 476 g/mol. The van der Waals surface area contributed by atoms with Crippen molar-refractivity contribution in [1.29, 1.82) is 0 Å². The van der Waals surface area contributed by atoms with Gasteiger partial charge in [-0.2, -0.15) is 0 Å². The van der Waals surface area contributed by atoms with Crippen LogP contribution in [-0.4, -0.2) is 35.0 Å². The normalized spacial score (nSPS) is 25.0. The van der Waals surface area contributed by atoms with Crippen LogP contribution < -0.4 is 5.73 Å². The number of carbonyl (C=O) groups is 1. The van der Waals surface area contributed by atoms with Crippen molar-refractivity contribution in [2.75, 3.05) is 7.05 Å². The van der Waals surface area contributed by atoms with Crippen LogP contribution in [0.15, 0.2) is 76.3 Å². The van der Waals surface area contributed by atoms with E-state index in [1.807, 2.05) is 18.3 Å². The van der Waals surface area contributed by atoms with Gasteiger partial charge in [0.05, 0.1) is 5.60 Å². The van der Waals surface area contributed by atoms with Crippen molar-refractivity contribution in [3.63, 3.8) is 0 Å². The number of rotatable bonds is 8. The molecule has 2 aromatic rings. The lowest BCUT2D eigenvalue weighted by Gasteiger charge is -2.43. The Labute approximate surface area is 205 Å². The SMILES string of the molecule is CN=CC1=C(Cc2ccc(F)cc2)C=C2CCC(O)(CCc3ccccc3C(O)C(N)=O)C2(C)C1. The number of nitrogens with zero attached hydrogens (tertiary/aromatic N) is 1. The predicted octanol–water partition coefficient (Wildman–Crippen LogP) is 4.38. The fourth-order valence-electron chi connectivity index (χ4n) is 5.69. The number of primary amides is 1. The van der Waals surface area contributed by atoms with Crippen LogP contribution in [0.1, 0.15) is 55.4 Å². The maximum atomic E-state index is 13.4. The zero-order chi connectivity index (χ0) is 25.2. The molecule has 184 valence electrons. The minimum absolute atomic E-state index is 0.251. The predicted molar refractivity (Wildman–Crippen MR) is 135 cm³/mol. The number of allylic oxidation sites excluding steroid dienone is 3. The molecule has 2 aromatic carbocycles. The van der Waals surface area contributed by atoms with Crippen molar-refractivity contribution >= 4 is 12.1 Å². The summed E-state index contributed by atoms with van der Waals surface area (Å²) in [6.07, 6.45) is 6.48. The van der Waals surface area contributed by atoms with Gasteiger partial charge in [0.25, 0.3) is 5.91 Å². The number of amides is 1. The van der Waals surface area contributed by atoms with Gasteiger partial charge in [-0.05, 0) is 78.5 Å². The second-order valence-electron chi connectivity index (χ2n) is 9.95. The van der Waals surface area contributed by atoms with Crippen molar-refractivity contribution in [3.05, 3.63) is 93.8 Å². The first-order chi connectivity index (χ1) is 16.7. The zero-order valence-corrected chi connectivity index (χ0v) is 20.3. The van der Waals surface area contributed by atoms with Crippen molar-refractivity contribution in [2.45, 2.75) is 57.2 Å². The van der Waals surface area contributed by atoms with E-state index in [9.17, 15) is 19.4 Å². The number of hydrogen-bond donors (Lipinski definition) is 3. The average molecular weight is 477 g/mol. The Morgan fingerprint density at radius 3 is 2.63 bits per heavy atom. The van der Waals surface area contributed by atoms with E-state index in [1.165, 1.54) is 17.7 Å². The van der Waals surface area contributed by atoms with Crippen LogP contribution in [0.25, 0.3) is 0 Å². The Bertz CT molecular complexity index is 1200. The third-order valence-corrected chi connectivity index (χ3v) is 7.87. The summed E-state index contributed by atoms with van der Waals surface area (Å²) in [6.45, 7) is 2.12. The molecule has 1 saturated carbocycles. The van der Waals surface area contributed by atoms with Crippen molar-refractivity contribution in [2.24, 2.45) is 16.1 Å². The van der Waals surface area contributed by atoms with Crippen molar-refractivity contribution in [1.82, 2.24) is 0 Å². The third-order valence-electron chi connectivity index (χ3n) is 7.87. The second kappa shape index (κ2) is 9.88. The molecule has 0 aromatic heterocycles. The molecule has 0 bridgehead atoms. The van der Waals surface area contributed by atoms with Crippen LogP contribution >= 0.6 is 0 Å². The van der Waals surface area contributed by atoms with Gasteiger partial charge in [0.1, 0.15) is 5.82 Å². The molecule has 2 aliphatic carbocycles. The summed E-state index contributed by atoms with van der Waals surface area (Å²) in [6, 6.07) is 13.8. The molecule has 0 spiro atoms. The topological polar surface area (TPSA) is 95.9 Å². The summed E-state index contributed by atoms with van der Waals surface area (Å²) in [5.41, 5.74) is 9.70. The molecule has 1 amide bonds. The number of aryl methyl sites for hydroxylation is 1. The number of aliphatic imine (C=N–C) groups is 1. The molecule has 0 heterocycles. The van der Waals surface area contributed by atoms with E-state index in [4.69, 9.17) is 5.73 Å². The summed E-state index contributed by atoms with van der Waals surface area (Å²) in [5.74, 6) is -1.04. The number of nitrogens with two attached hydrogens (primary N) is 1. The van der Waals surface area contributed by atoms with Gasteiger partial charge in [0.15, 0.2) is 6.10 Å². The lowest BCUT2D eigenvalue weighted by atomic mass is 9.64. The number of halogens is 1. The van der Waals surface area contributed by atoms with Crippen molar-refractivity contribution in [3.8, 4) is 0 Å². The highest BCUT2D eigenvalue weighted by Gasteiger charge is 2.54. The summed E-state index contributed by atoms with van der Waals surface area (Å²) < 4.78 is 13.4. The number of benzene rings is 2. The quantitative estimate of drug-likeness (QED) is 0.494. The highest BCUT2D eigenvalue weighted by molar-refractivity contribution is 5.82. The van der Waals surface area contributed by atoms with Gasteiger partial charge in [-0.25, -0.2) is 4.39 Å². The number of carbonyl (C=O) groups excluding carboxylic acids is 1. The number of fused-ring (bicyclic) bond motifs is 1. The van der Waals surface area contributed by atoms with E-state index in [0.717, 1.165) is 28.7 Å². The van der Waals surface area contributed by atoms with Gasteiger partial charge >= 0.3 is 0 Å². The molecule has 0 saturated heterocycles. The fraction of sp³-hybridized carbons (Fsp3) is 0.379. The first-order valence-corrected chi connectivity index (χ1v) is 12.0. The molecule has 35 heavy (non-hydrogen) atoms. The molecular formula is C29H33FN2O3. The van der Waals surface area contributed by atoms with Gasteiger partial charge in [0, 0.05) is 18.7 Å². The van der Waals surface area contributed by atoms with Gasteiger partial charge in [-0.15, -0.1) is 0 Å². The van der Waals surface area contributed by atoms with E-state index >= 15 is 0 Å². The second-order valence-corrected chi connectivity index (χ2v) is 9.95. The van der Waals surface area contributed by atoms with E-state index in [-0.39, 0.29) is 5.82 Å². The van der Waals surface area contributed by atoms with E-state index in [0.29, 0.717) is 37.7 Å². The molecule has 3 atom stereocenters. The highest BCUT2D eigenvalue weighted by Crippen LogP contribution is 2.57. The highest BCUT2D eigenvalue weighted by atomic mass is 19.1. The Morgan fingerprint density at radius 2 is 1.94 bits per heavy atom. The lowest BCUT2D eigenvalue weighted by Crippen LogP contribution is -2.44. The summed E-state index contributed by atoms with van der Waals surface area (Å²) in [7, 11) is 1.74. The van der Waals surface area contributed by atoms with Gasteiger partial charge in [-0.1, -0.05) is 55.0 Å². The minimum atomic E-state index is -1.37. The van der Waals surface area contributed by atoms with Crippen LogP contribution in [0.4, 0.5) is 4.39 Å². The Balaban J connectivity index is 1.59. The molecule has 2 aliphatic rings. The number of hydrogen-bond acceptors (Lipinski definition) is 4. The largest absolute Gasteiger partial charge is 0.389 e. The summed E-state index contributed by atoms with van der Waals surface area (Å²) in [5, 5.41) is 22.2. The Morgan fingerprint density at radius 1 is 1.23 bits per heavy atom. The molecule has 0 radical (unpaired) electrons. The summed E-state index contributed by atoms with van der Waals surface area (Å²) in [4.78, 5) is 15.8. The van der Waals surface area contributed by atoms with Crippen LogP contribution in [0.2, 0.25) is 0 Å². The molecule has 0 aliphatic heterocycles. The standard InChI is InChI=1S/C29H33FN2O3/c1-28-17-22(18-32-2)21(15-19-7-9-24(30)10-8-19)16-23(28)12-14-29(28,35)13-11-20-5-3-4-6-25(20)26(33)27(31)34/h3-10,16,18,26,33,35H,11-15,17H2,1-2H3,(H2,31,34). The Kier molecular flexibility index (Phi) is 7.06. The molecule has 3 unspecified atom stereocenters. The molecule has 6 heteroatoms. The maximum Gasteiger partial charge on any atom is 0.250 e. The molecular weight excluding hydrogens is 443 g/mol. The Hall–Kier alpha value is -3.09. The van der Waals surface area contributed by atoms with Crippen LogP contribution in [0.3, 0.4) is 0 Å². The lowest BCUT2D eigenvalue weighted by molar-refractivity contribution is -0.126. The van der Waals surface area contributed by atoms with E-state index in [2.05, 4.69) is 18.0 Å². The maximum absolute atomic E-state index is 13.4. The third kappa shape index (κ3) is 4.86. The van der Waals surface area contributed by atoms with Gasteiger partial charge < -0.3 is 15.9 Å². The van der Waals surface area contributed by atoms with E-state index in [1.54, 1.807) is 31.3 Å². The average Bonchev–Trinajstić information content (AvgIpc) is 3.09. The van der Waals surface area contributed by atoms with Crippen LogP contribution in [0, 0.1) is 11.2 Å². The van der Waals surface area contributed by atoms with Crippen molar-refractivity contribution < 1.29 is 19.4 Å². The van der Waals surface area contributed by atoms with Crippen LogP contribution in [-0.2, 0) is 17.6 Å². The number of aliphatic hydroxyl groups is 2.